The maximum atomic E-state index is 13.5. The van der Waals surface area contributed by atoms with E-state index in [2.05, 4.69) is 10.6 Å². The van der Waals surface area contributed by atoms with Crippen LogP contribution in [0.4, 0.5) is 19.3 Å². The SMILES string of the molecule is CC(C)(CCO)CNC(=O)Nc1c(F)cc(F)cc1Cl. The highest BCUT2D eigenvalue weighted by Gasteiger charge is 2.19. The van der Waals surface area contributed by atoms with Crippen molar-refractivity contribution in [1.29, 1.82) is 0 Å². The Morgan fingerprint density at radius 1 is 1.40 bits per heavy atom. The fraction of sp³-hybridized carbons (Fsp3) is 0.462. The number of hydrogen-bond acceptors (Lipinski definition) is 2. The highest BCUT2D eigenvalue weighted by molar-refractivity contribution is 6.33. The molecule has 1 aromatic carbocycles. The number of hydrogen-bond donors (Lipinski definition) is 3. The minimum Gasteiger partial charge on any atom is -0.396 e. The molecule has 0 aliphatic rings. The summed E-state index contributed by atoms with van der Waals surface area (Å²) in [6.45, 7) is 4.04. The van der Waals surface area contributed by atoms with E-state index < -0.39 is 17.7 Å². The van der Waals surface area contributed by atoms with E-state index in [-0.39, 0.29) is 22.7 Å². The minimum absolute atomic E-state index is 0.00865. The fourth-order valence-corrected chi connectivity index (χ4v) is 1.77. The van der Waals surface area contributed by atoms with Crippen LogP contribution in [-0.4, -0.2) is 24.3 Å². The number of rotatable bonds is 5. The molecule has 1 rings (SSSR count). The average molecular weight is 307 g/mol. The number of aliphatic hydroxyl groups excluding tert-OH is 1. The summed E-state index contributed by atoms with van der Waals surface area (Å²) in [5.74, 6) is -1.76. The van der Waals surface area contributed by atoms with Gasteiger partial charge in [0, 0.05) is 19.2 Å². The standard InChI is InChI=1S/C13H17ClF2N2O2/c1-13(2,3-4-19)7-17-12(20)18-11-9(14)5-8(15)6-10(11)16/h5-6,19H,3-4,7H2,1-2H3,(H2,17,18,20). The first kappa shape index (κ1) is 16.7. The molecule has 0 saturated heterocycles. The zero-order valence-corrected chi connectivity index (χ0v) is 12.0. The van der Waals surface area contributed by atoms with Crippen molar-refractivity contribution in [3.63, 3.8) is 0 Å². The predicted octanol–water partition coefficient (Wildman–Crippen LogP) is 3.15. The van der Waals surface area contributed by atoms with Crippen LogP contribution in [0.1, 0.15) is 20.3 Å². The Balaban J connectivity index is 2.64. The van der Waals surface area contributed by atoms with E-state index in [1.807, 2.05) is 13.8 Å². The molecule has 0 aromatic heterocycles. The molecule has 0 aliphatic carbocycles. The van der Waals surface area contributed by atoms with Crippen molar-refractivity contribution in [1.82, 2.24) is 5.32 Å². The van der Waals surface area contributed by atoms with Crippen LogP contribution in [0.2, 0.25) is 5.02 Å². The number of anilines is 1. The summed E-state index contributed by atoms with van der Waals surface area (Å²) in [6.07, 6.45) is 0.513. The molecule has 7 heteroatoms. The summed E-state index contributed by atoms with van der Waals surface area (Å²) in [5.41, 5.74) is -0.567. The van der Waals surface area contributed by atoms with Crippen LogP contribution in [-0.2, 0) is 0 Å². The van der Waals surface area contributed by atoms with Gasteiger partial charge in [-0.05, 0) is 17.9 Å². The number of aliphatic hydroxyl groups is 1. The summed E-state index contributed by atoms with van der Waals surface area (Å²) in [4.78, 5) is 11.6. The molecular weight excluding hydrogens is 290 g/mol. The third-order valence-corrected chi connectivity index (χ3v) is 3.06. The molecule has 0 atom stereocenters. The third kappa shape index (κ3) is 4.94. The van der Waals surface area contributed by atoms with E-state index in [1.54, 1.807) is 0 Å². The quantitative estimate of drug-likeness (QED) is 0.782. The average Bonchev–Trinajstić information content (AvgIpc) is 2.31. The first-order valence-corrected chi connectivity index (χ1v) is 6.43. The monoisotopic (exact) mass is 306 g/mol. The van der Waals surface area contributed by atoms with Gasteiger partial charge in [0.15, 0.2) is 5.82 Å². The lowest BCUT2D eigenvalue weighted by molar-refractivity contribution is 0.204. The van der Waals surface area contributed by atoms with Crippen LogP contribution < -0.4 is 10.6 Å². The van der Waals surface area contributed by atoms with Crippen molar-refractivity contribution < 1.29 is 18.7 Å². The molecule has 0 unspecified atom stereocenters. The lowest BCUT2D eigenvalue weighted by Gasteiger charge is -2.24. The molecular formula is C13H17ClF2N2O2. The normalized spacial score (nSPS) is 11.3. The Bertz CT molecular complexity index is 472. The Labute approximate surface area is 121 Å². The second-order valence-electron chi connectivity index (χ2n) is 5.19. The van der Waals surface area contributed by atoms with E-state index in [9.17, 15) is 13.6 Å². The van der Waals surface area contributed by atoms with E-state index in [4.69, 9.17) is 16.7 Å². The summed E-state index contributed by atoms with van der Waals surface area (Å²) in [7, 11) is 0. The number of amides is 2. The Hall–Kier alpha value is -1.40. The van der Waals surface area contributed by atoms with Gasteiger partial charge in [0.2, 0.25) is 0 Å². The van der Waals surface area contributed by atoms with Gasteiger partial charge < -0.3 is 15.7 Å². The van der Waals surface area contributed by atoms with E-state index >= 15 is 0 Å². The molecule has 112 valence electrons. The number of benzene rings is 1. The van der Waals surface area contributed by atoms with Crippen molar-refractivity contribution in [2.75, 3.05) is 18.5 Å². The zero-order valence-electron chi connectivity index (χ0n) is 11.3. The summed E-state index contributed by atoms with van der Waals surface area (Å²) in [5, 5.41) is 13.4. The van der Waals surface area contributed by atoms with Gasteiger partial charge in [0.1, 0.15) is 5.82 Å². The van der Waals surface area contributed by atoms with Crippen LogP contribution in [0.15, 0.2) is 12.1 Å². The highest BCUT2D eigenvalue weighted by Crippen LogP contribution is 2.26. The van der Waals surface area contributed by atoms with Gasteiger partial charge in [-0.25, -0.2) is 13.6 Å². The van der Waals surface area contributed by atoms with Crippen LogP contribution in [0.5, 0.6) is 0 Å². The third-order valence-electron chi connectivity index (χ3n) is 2.76. The van der Waals surface area contributed by atoms with Crippen LogP contribution in [0.25, 0.3) is 0 Å². The van der Waals surface area contributed by atoms with E-state index in [0.717, 1.165) is 6.07 Å². The molecule has 0 radical (unpaired) electrons. The molecule has 0 saturated carbocycles. The molecule has 0 heterocycles. The van der Waals surface area contributed by atoms with Crippen molar-refractivity contribution in [3.05, 3.63) is 28.8 Å². The van der Waals surface area contributed by atoms with Gasteiger partial charge in [-0.15, -0.1) is 0 Å². The molecule has 0 aliphatic heterocycles. The Morgan fingerprint density at radius 3 is 2.60 bits per heavy atom. The van der Waals surface area contributed by atoms with Gasteiger partial charge in [-0.1, -0.05) is 25.4 Å². The van der Waals surface area contributed by atoms with Gasteiger partial charge in [-0.3, -0.25) is 0 Å². The maximum Gasteiger partial charge on any atom is 0.319 e. The second-order valence-corrected chi connectivity index (χ2v) is 5.60. The summed E-state index contributed by atoms with van der Waals surface area (Å²) in [6, 6.07) is 0.899. The maximum absolute atomic E-state index is 13.5. The predicted molar refractivity (Wildman–Crippen MR) is 73.9 cm³/mol. The number of halogens is 3. The topological polar surface area (TPSA) is 61.4 Å². The lowest BCUT2D eigenvalue weighted by atomic mass is 9.90. The largest absolute Gasteiger partial charge is 0.396 e. The number of urea groups is 1. The molecule has 3 N–H and O–H groups in total. The van der Waals surface area contributed by atoms with Crippen LogP contribution >= 0.6 is 11.6 Å². The molecule has 20 heavy (non-hydrogen) atoms. The zero-order chi connectivity index (χ0) is 15.3. The van der Waals surface area contributed by atoms with Crippen molar-refractivity contribution in [2.45, 2.75) is 20.3 Å². The fourth-order valence-electron chi connectivity index (χ4n) is 1.53. The van der Waals surface area contributed by atoms with Crippen molar-refractivity contribution >= 4 is 23.3 Å². The molecule has 0 fully saturated rings. The number of carbonyl (C=O) groups excluding carboxylic acids is 1. The lowest BCUT2D eigenvalue weighted by Crippen LogP contribution is -2.37. The van der Waals surface area contributed by atoms with Gasteiger partial charge >= 0.3 is 6.03 Å². The first-order valence-electron chi connectivity index (χ1n) is 6.05. The minimum atomic E-state index is -0.945. The number of nitrogens with one attached hydrogen (secondary N) is 2. The first-order chi connectivity index (χ1) is 9.25. The van der Waals surface area contributed by atoms with Gasteiger partial charge in [0.25, 0.3) is 0 Å². The Morgan fingerprint density at radius 2 is 2.05 bits per heavy atom. The van der Waals surface area contributed by atoms with E-state index in [1.165, 1.54) is 0 Å². The highest BCUT2D eigenvalue weighted by atomic mass is 35.5. The molecule has 4 nitrogen and oxygen atoms in total. The molecule has 0 bridgehead atoms. The molecule has 2 amide bonds. The smallest absolute Gasteiger partial charge is 0.319 e. The summed E-state index contributed by atoms with van der Waals surface area (Å²) >= 11 is 5.66. The summed E-state index contributed by atoms with van der Waals surface area (Å²) < 4.78 is 26.3. The second kappa shape index (κ2) is 6.85. The van der Waals surface area contributed by atoms with Crippen molar-refractivity contribution in [2.24, 2.45) is 5.41 Å². The van der Waals surface area contributed by atoms with Crippen LogP contribution in [0.3, 0.4) is 0 Å². The molecule has 0 spiro atoms. The van der Waals surface area contributed by atoms with Gasteiger partial charge in [0.05, 0.1) is 10.7 Å². The Kier molecular flexibility index (Phi) is 5.71. The van der Waals surface area contributed by atoms with Crippen molar-refractivity contribution in [3.8, 4) is 0 Å². The van der Waals surface area contributed by atoms with Gasteiger partial charge in [-0.2, -0.15) is 0 Å². The molecule has 1 aromatic rings. The van der Waals surface area contributed by atoms with E-state index in [0.29, 0.717) is 19.0 Å². The number of carbonyl (C=O) groups is 1. The van der Waals surface area contributed by atoms with Crippen LogP contribution in [0, 0.1) is 17.0 Å².